The zero-order chi connectivity index (χ0) is 21.8. The molecule has 0 aromatic heterocycles. The summed E-state index contributed by atoms with van der Waals surface area (Å²) in [7, 11) is 1.11. The smallest absolute Gasteiger partial charge is 0.419 e. The van der Waals surface area contributed by atoms with Gasteiger partial charge >= 0.3 is 18.1 Å². The number of carbonyl (C=O) groups excluding carboxylic acids is 3. The molecule has 0 aliphatic heterocycles. The Balaban J connectivity index is 2.21. The Hall–Kier alpha value is -3.43. The molecule has 1 N–H and O–H groups in total. The number of nitrogens with one attached hydrogen (secondary N) is 1. The zero-order valence-electron chi connectivity index (χ0n) is 15.2. The van der Waals surface area contributed by atoms with E-state index in [4.69, 9.17) is 4.74 Å². The maximum Gasteiger partial charge on any atom is 0.419 e. The summed E-state index contributed by atoms with van der Waals surface area (Å²) in [4.78, 5) is 35.1. The van der Waals surface area contributed by atoms with Crippen molar-refractivity contribution in [2.75, 3.05) is 12.4 Å². The first-order chi connectivity index (χ1) is 13.5. The summed E-state index contributed by atoms with van der Waals surface area (Å²) in [5.74, 6) is -3.74. The molecule has 0 heterocycles. The molecule has 0 unspecified atom stereocenters. The first-order valence-corrected chi connectivity index (χ1v) is 8.07. The molecule has 6 nitrogen and oxygen atoms in total. The van der Waals surface area contributed by atoms with E-state index in [2.05, 4.69) is 10.1 Å². The van der Waals surface area contributed by atoms with E-state index in [0.29, 0.717) is 12.1 Å². The first-order valence-electron chi connectivity index (χ1n) is 8.07. The van der Waals surface area contributed by atoms with Gasteiger partial charge in [0.05, 0.1) is 19.1 Å². The number of rotatable bonds is 5. The topological polar surface area (TPSA) is 81.7 Å². The van der Waals surface area contributed by atoms with Crippen molar-refractivity contribution in [3.8, 4) is 5.75 Å². The van der Waals surface area contributed by atoms with Gasteiger partial charge in [0.25, 0.3) is 0 Å². The second kappa shape index (κ2) is 8.72. The van der Waals surface area contributed by atoms with Crippen molar-refractivity contribution in [1.82, 2.24) is 0 Å². The largest absolute Gasteiger partial charge is 0.465 e. The van der Waals surface area contributed by atoms with Crippen molar-refractivity contribution in [2.24, 2.45) is 0 Å². The Kier molecular flexibility index (Phi) is 6.57. The van der Waals surface area contributed by atoms with Gasteiger partial charge in [-0.15, -0.1) is 0 Å². The van der Waals surface area contributed by atoms with Crippen LogP contribution in [0.15, 0.2) is 36.4 Å². The molecule has 10 heteroatoms. The number of amides is 1. The monoisotopic (exact) mass is 413 g/mol. The number of halogens is 4. The number of esters is 2. The third-order valence-electron chi connectivity index (χ3n) is 3.62. The van der Waals surface area contributed by atoms with E-state index < -0.39 is 41.8 Å². The first kappa shape index (κ1) is 21.9. The van der Waals surface area contributed by atoms with Crippen molar-refractivity contribution in [3.63, 3.8) is 0 Å². The highest BCUT2D eigenvalue weighted by molar-refractivity contribution is 5.97. The molecule has 0 radical (unpaired) electrons. The Morgan fingerprint density at radius 3 is 2.34 bits per heavy atom. The fourth-order valence-electron chi connectivity index (χ4n) is 2.41. The van der Waals surface area contributed by atoms with E-state index in [1.54, 1.807) is 0 Å². The highest BCUT2D eigenvalue weighted by Crippen LogP contribution is 2.32. The van der Waals surface area contributed by atoms with Crippen molar-refractivity contribution < 1.29 is 41.4 Å². The number of benzene rings is 2. The summed E-state index contributed by atoms with van der Waals surface area (Å²) in [6.45, 7) is 1.13. The highest BCUT2D eigenvalue weighted by Gasteiger charge is 2.34. The average Bonchev–Trinajstić information content (AvgIpc) is 2.62. The lowest BCUT2D eigenvalue weighted by Gasteiger charge is -2.12. The van der Waals surface area contributed by atoms with Gasteiger partial charge in [-0.3, -0.25) is 9.59 Å². The van der Waals surface area contributed by atoms with Gasteiger partial charge in [0.15, 0.2) is 0 Å². The predicted octanol–water partition coefficient (Wildman–Crippen LogP) is 3.74. The number of ether oxygens (including phenoxy) is 2. The highest BCUT2D eigenvalue weighted by atomic mass is 19.4. The molecule has 154 valence electrons. The summed E-state index contributed by atoms with van der Waals surface area (Å²) in [5.41, 5.74) is -1.55. The van der Waals surface area contributed by atoms with Gasteiger partial charge in [0.2, 0.25) is 5.91 Å². The number of alkyl halides is 3. The van der Waals surface area contributed by atoms with Gasteiger partial charge in [-0.2, -0.15) is 13.2 Å². The lowest BCUT2D eigenvalue weighted by molar-refractivity contribution is -0.140. The van der Waals surface area contributed by atoms with E-state index in [9.17, 15) is 31.9 Å². The van der Waals surface area contributed by atoms with E-state index in [0.717, 1.165) is 20.1 Å². The van der Waals surface area contributed by atoms with Crippen LogP contribution in [0, 0.1) is 5.82 Å². The number of methoxy groups -OCH3 is 1. The molecule has 0 atom stereocenters. The average molecular weight is 413 g/mol. The summed E-state index contributed by atoms with van der Waals surface area (Å²) in [5, 5.41) is 2.40. The van der Waals surface area contributed by atoms with Crippen LogP contribution >= 0.6 is 0 Å². The fraction of sp³-hybridized carbons (Fsp3) is 0.211. The second-order valence-corrected chi connectivity index (χ2v) is 5.83. The summed E-state index contributed by atoms with van der Waals surface area (Å²) < 4.78 is 61.1. The van der Waals surface area contributed by atoms with Crippen LogP contribution in [-0.2, 0) is 26.9 Å². The minimum Gasteiger partial charge on any atom is -0.465 e. The standard InChI is InChI=1S/C19H15F4NO5/c1-10(25)29-16-6-4-12(9-13(16)18(27)28-2)24-17(26)8-11-3-5-15(20)14(7-11)19(21,22)23/h3-7,9H,8H2,1-2H3,(H,24,26). The normalized spacial score (nSPS) is 11.0. The molecule has 0 spiro atoms. The summed E-state index contributed by atoms with van der Waals surface area (Å²) in [6.07, 6.45) is -5.36. The molecular weight excluding hydrogens is 398 g/mol. The summed E-state index contributed by atoms with van der Waals surface area (Å²) in [6, 6.07) is 6.02. The molecule has 1 amide bonds. The van der Waals surface area contributed by atoms with Crippen LogP contribution in [-0.4, -0.2) is 25.0 Å². The van der Waals surface area contributed by atoms with E-state index >= 15 is 0 Å². The van der Waals surface area contributed by atoms with Crippen LogP contribution in [0.1, 0.15) is 28.4 Å². The quantitative estimate of drug-likeness (QED) is 0.459. The van der Waals surface area contributed by atoms with Crippen LogP contribution in [0.4, 0.5) is 23.2 Å². The number of hydrogen-bond donors (Lipinski definition) is 1. The molecule has 0 saturated carbocycles. The van der Waals surface area contributed by atoms with Gasteiger partial charge in [-0.1, -0.05) is 6.07 Å². The molecular formula is C19H15F4NO5. The molecule has 0 aliphatic rings. The third-order valence-corrected chi connectivity index (χ3v) is 3.62. The summed E-state index contributed by atoms with van der Waals surface area (Å²) >= 11 is 0. The molecule has 0 aliphatic carbocycles. The Labute approximate surface area is 162 Å². The Morgan fingerprint density at radius 1 is 1.07 bits per heavy atom. The molecule has 2 rings (SSSR count). The second-order valence-electron chi connectivity index (χ2n) is 5.83. The maximum absolute atomic E-state index is 13.3. The third kappa shape index (κ3) is 5.77. The zero-order valence-corrected chi connectivity index (χ0v) is 15.2. The van der Waals surface area contributed by atoms with Crippen LogP contribution in [0.2, 0.25) is 0 Å². The van der Waals surface area contributed by atoms with E-state index in [1.165, 1.54) is 18.2 Å². The molecule has 2 aromatic rings. The molecule has 29 heavy (non-hydrogen) atoms. The maximum atomic E-state index is 13.3. The van der Waals surface area contributed by atoms with E-state index in [-0.39, 0.29) is 22.6 Å². The Morgan fingerprint density at radius 2 is 1.76 bits per heavy atom. The SMILES string of the molecule is COC(=O)c1cc(NC(=O)Cc2ccc(F)c(C(F)(F)F)c2)ccc1OC(C)=O. The van der Waals surface area contributed by atoms with Crippen molar-refractivity contribution in [3.05, 3.63) is 58.9 Å². The van der Waals surface area contributed by atoms with E-state index in [1.807, 2.05) is 0 Å². The molecule has 0 bridgehead atoms. The number of carbonyl (C=O) groups is 3. The van der Waals surface area contributed by atoms with Crippen LogP contribution in [0.3, 0.4) is 0 Å². The van der Waals surface area contributed by atoms with Crippen LogP contribution in [0.5, 0.6) is 5.75 Å². The molecule has 0 fully saturated rings. The van der Waals surface area contributed by atoms with Gasteiger partial charge < -0.3 is 14.8 Å². The lowest BCUT2D eigenvalue weighted by atomic mass is 10.1. The predicted molar refractivity (Wildman–Crippen MR) is 92.8 cm³/mol. The molecule has 2 aromatic carbocycles. The van der Waals surface area contributed by atoms with Crippen molar-refractivity contribution in [1.29, 1.82) is 0 Å². The van der Waals surface area contributed by atoms with Crippen molar-refractivity contribution >= 4 is 23.5 Å². The van der Waals surface area contributed by atoms with Crippen LogP contribution in [0.25, 0.3) is 0 Å². The van der Waals surface area contributed by atoms with Gasteiger partial charge in [0.1, 0.15) is 17.1 Å². The fourth-order valence-corrected chi connectivity index (χ4v) is 2.41. The minimum absolute atomic E-state index is 0.0547. The minimum atomic E-state index is -4.89. The van der Waals surface area contributed by atoms with Gasteiger partial charge in [-0.25, -0.2) is 9.18 Å². The van der Waals surface area contributed by atoms with Gasteiger partial charge in [-0.05, 0) is 35.9 Å². The molecule has 0 saturated heterocycles. The number of anilines is 1. The van der Waals surface area contributed by atoms with Gasteiger partial charge in [0, 0.05) is 12.6 Å². The van der Waals surface area contributed by atoms with Crippen molar-refractivity contribution in [2.45, 2.75) is 19.5 Å². The number of hydrogen-bond acceptors (Lipinski definition) is 5. The Bertz CT molecular complexity index is 956. The van der Waals surface area contributed by atoms with Crippen LogP contribution < -0.4 is 10.1 Å². The lowest BCUT2D eigenvalue weighted by Crippen LogP contribution is -2.16.